The quantitative estimate of drug-likeness (QED) is 0.663. The molecule has 0 radical (unpaired) electrons. The lowest BCUT2D eigenvalue weighted by Crippen LogP contribution is -2.14. The number of ketones is 1. The zero-order valence-corrected chi connectivity index (χ0v) is 9.89. The lowest BCUT2D eigenvalue weighted by atomic mass is 10.1. The Morgan fingerprint density at radius 1 is 1.47 bits per heavy atom. The molecule has 0 aliphatic heterocycles. The molecule has 0 unspecified atom stereocenters. The molecule has 0 atom stereocenters. The highest BCUT2D eigenvalue weighted by Crippen LogP contribution is 2.21. The monoisotopic (exact) mass is 266 g/mol. The molecule has 2 N–H and O–H groups in total. The van der Waals surface area contributed by atoms with Gasteiger partial charge in [0.15, 0.2) is 5.78 Å². The number of benzene rings is 1. The highest BCUT2D eigenvalue weighted by atomic mass is 79.9. The van der Waals surface area contributed by atoms with E-state index in [1.807, 2.05) is 31.2 Å². The van der Waals surface area contributed by atoms with Gasteiger partial charge < -0.3 is 4.98 Å². The van der Waals surface area contributed by atoms with Gasteiger partial charge in [0.05, 0.1) is 6.54 Å². The predicted molar refractivity (Wildman–Crippen MR) is 64.3 cm³/mol. The summed E-state index contributed by atoms with van der Waals surface area (Å²) < 4.78 is 2.70. The van der Waals surface area contributed by atoms with Crippen molar-refractivity contribution in [3.63, 3.8) is 0 Å². The molecule has 3 nitrogen and oxygen atoms in total. The topological polar surface area (TPSA) is 44.9 Å². The molecule has 1 heterocycles. The molecule has 1 aromatic heterocycles. The Hall–Kier alpha value is -1.13. The number of para-hydroxylation sites is 1. The lowest BCUT2D eigenvalue weighted by Gasteiger charge is -1.98. The SMILES string of the molecule is Cc1[nH]c2ccccc2c1C(=O)CNBr. The Labute approximate surface area is 96.2 Å². The molecule has 15 heavy (non-hydrogen) atoms. The van der Waals surface area contributed by atoms with Crippen LogP contribution in [-0.2, 0) is 0 Å². The first kappa shape index (κ1) is 10.4. The number of aryl methyl sites for hydroxylation is 1. The predicted octanol–water partition coefficient (Wildman–Crippen LogP) is 2.56. The Morgan fingerprint density at radius 2 is 2.20 bits per heavy atom. The lowest BCUT2D eigenvalue weighted by molar-refractivity contribution is 0.0999. The minimum Gasteiger partial charge on any atom is -0.358 e. The first-order chi connectivity index (χ1) is 7.24. The minimum atomic E-state index is 0.0850. The molecule has 2 rings (SSSR count). The fourth-order valence-corrected chi connectivity index (χ4v) is 2.04. The van der Waals surface area contributed by atoms with Crippen molar-refractivity contribution in [2.75, 3.05) is 6.54 Å². The molecule has 0 saturated carbocycles. The maximum Gasteiger partial charge on any atom is 0.179 e. The van der Waals surface area contributed by atoms with Crippen molar-refractivity contribution >= 4 is 32.8 Å². The van der Waals surface area contributed by atoms with Crippen LogP contribution in [0.25, 0.3) is 10.9 Å². The number of carbonyl (C=O) groups excluding carboxylic acids is 1. The van der Waals surface area contributed by atoms with Gasteiger partial charge in [0.25, 0.3) is 0 Å². The fourth-order valence-electron chi connectivity index (χ4n) is 1.79. The molecule has 78 valence electrons. The summed E-state index contributed by atoms with van der Waals surface area (Å²) in [5.41, 5.74) is 2.70. The molecular weight excluding hydrogens is 256 g/mol. The van der Waals surface area contributed by atoms with Gasteiger partial charge in [0, 0.05) is 38.3 Å². The van der Waals surface area contributed by atoms with Crippen LogP contribution in [0, 0.1) is 6.92 Å². The van der Waals surface area contributed by atoms with Crippen molar-refractivity contribution in [1.82, 2.24) is 9.33 Å². The Morgan fingerprint density at radius 3 is 2.93 bits per heavy atom. The number of Topliss-reactive ketones (excluding diaryl/α,β-unsaturated/α-hetero) is 1. The van der Waals surface area contributed by atoms with Crippen LogP contribution in [0.2, 0.25) is 0 Å². The van der Waals surface area contributed by atoms with Gasteiger partial charge in [-0.3, -0.25) is 4.79 Å². The average Bonchev–Trinajstić information content (AvgIpc) is 2.54. The van der Waals surface area contributed by atoms with Crippen LogP contribution in [0.1, 0.15) is 16.1 Å². The second kappa shape index (κ2) is 4.16. The molecule has 0 amide bonds. The normalized spacial score (nSPS) is 10.8. The highest BCUT2D eigenvalue weighted by Gasteiger charge is 2.14. The van der Waals surface area contributed by atoms with Crippen LogP contribution in [0.15, 0.2) is 24.3 Å². The van der Waals surface area contributed by atoms with Crippen LogP contribution in [-0.4, -0.2) is 17.3 Å². The zero-order chi connectivity index (χ0) is 10.8. The van der Waals surface area contributed by atoms with E-state index in [1.165, 1.54) is 0 Å². The summed E-state index contributed by atoms with van der Waals surface area (Å²) in [6, 6.07) is 7.82. The van der Waals surface area contributed by atoms with Crippen molar-refractivity contribution in [3.8, 4) is 0 Å². The average molecular weight is 267 g/mol. The largest absolute Gasteiger partial charge is 0.358 e. The van der Waals surface area contributed by atoms with E-state index in [0.717, 1.165) is 22.2 Å². The van der Waals surface area contributed by atoms with Crippen LogP contribution >= 0.6 is 16.1 Å². The van der Waals surface area contributed by atoms with Gasteiger partial charge in [0.1, 0.15) is 0 Å². The van der Waals surface area contributed by atoms with Gasteiger partial charge >= 0.3 is 0 Å². The van der Waals surface area contributed by atoms with Gasteiger partial charge in [-0.1, -0.05) is 18.2 Å². The number of aromatic amines is 1. The number of rotatable bonds is 3. The summed E-state index contributed by atoms with van der Waals surface area (Å²) in [6.07, 6.45) is 0. The van der Waals surface area contributed by atoms with Crippen LogP contribution in [0.5, 0.6) is 0 Å². The third kappa shape index (κ3) is 1.82. The van der Waals surface area contributed by atoms with Gasteiger partial charge in [0.2, 0.25) is 0 Å². The van der Waals surface area contributed by atoms with Crippen molar-refractivity contribution in [3.05, 3.63) is 35.5 Å². The maximum atomic E-state index is 11.8. The number of nitrogens with one attached hydrogen (secondary N) is 2. The molecule has 1 aromatic carbocycles. The highest BCUT2D eigenvalue weighted by molar-refractivity contribution is 9.08. The molecule has 0 bridgehead atoms. The van der Waals surface area contributed by atoms with Crippen molar-refractivity contribution in [2.24, 2.45) is 0 Å². The van der Waals surface area contributed by atoms with Crippen molar-refractivity contribution in [2.45, 2.75) is 6.92 Å². The molecule has 0 fully saturated rings. The Bertz CT molecular complexity index is 504. The molecule has 0 spiro atoms. The van der Waals surface area contributed by atoms with E-state index in [1.54, 1.807) is 0 Å². The smallest absolute Gasteiger partial charge is 0.179 e. The third-order valence-corrected chi connectivity index (χ3v) is 2.68. The molecule has 0 aliphatic rings. The van der Waals surface area contributed by atoms with Crippen LogP contribution in [0.4, 0.5) is 0 Å². The third-order valence-electron chi connectivity index (χ3n) is 2.40. The number of fused-ring (bicyclic) bond motifs is 1. The second-order valence-corrected chi connectivity index (χ2v) is 3.96. The minimum absolute atomic E-state index is 0.0850. The molecule has 2 aromatic rings. The fraction of sp³-hybridized carbons (Fsp3) is 0.182. The summed E-state index contributed by atoms with van der Waals surface area (Å²) in [4.78, 5) is 15.0. The summed E-state index contributed by atoms with van der Waals surface area (Å²) in [6.45, 7) is 2.21. The van der Waals surface area contributed by atoms with Gasteiger partial charge in [-0.15, -0.1) is 0 Å². The van der Waals surface area contributed by atoms with Crippen LogP contribution < -0.4 is 4.34 Å². The van der Waals surface area contributed by atoms with Crippen LogP contribution in [0.3, 0.4) is 0 Å². The van der Waals surface area contributed by atoms with Gasteiger partial charge in [-0.25, -0.2) is 4.34 Å². The first-order valence-corrected chi connectivity index (χ1v) is 5.47. The number of halogens is 1. The summed E-state index contributed by atoms with van der Waals surface area (Å²) in [7, 11) is 0. The zero-order valence-electron chi connectivity index (χ0n) is 8.30. The number of H-pyrrole nitrogens is 1. The van der Waals surface area contributed by atoms with Gasteiger partial charge in [-0.2, -0.15) is 0 Å². The van der Waals surface area contributed by atoms with E-state index in [9.17, 15) is 4.79 Å². The molecular formula is C11H11BrN2O. The maximum absolute atomic E-state index is 11.8. The van der Waals surface area contributed by atoms with Crippen molar-refractivity contribution in [1.29, 1.82) is 0 Å². The van der Waals surface area contributed by atoms with Gasteiger partial charge in [-0.05, 0) is 13.0 Å². The number of carbonyl (C=O) groups is 1. The Balaban J connectivity index is 2.58. The van der Waals surface area contributed by atoms with E-state index >= 15 is 0 Å². The first-order valence-electron chi connectivity index (χ1n) is 4.68. The summed E-state index contributed by atoms with van der Waals surface area (Å²) in [5.74, 6) is 0.0850. The summed E-state index contributed by atoms with van der Waals surface area (Å²) >= 11 is 3.04. The molecule has 4 heteroatoms. The van der Waals surface area contributed by atoms with E-state index in [2.05, 4.69) is 25.5 Å². The van der Waals surface area contributed by atoms with Crippen molar-refractivity contribution < 1.29 is 4.79 Å². The van der Waals surface area contributed by atoms with E-state index in [-0.39, 0.29) is 5.78 Å². The Kier molecular flexibility index (Phi) is 2.88. The van der Waals surface area contributed by atoms with E-state index in [0.29, 0.717) is 6.54 Å². The van der Waals surface area contributed by atoms with E-state index in [4.69, 9.17) is 0 Å². The summed E-state index contributed by atoms with van der Waals surface area (Å²) in [5, 5.41) is 0.989. The number of hydrogen-bond donors (Lipinski definition) is 2. The number of hydrogen-bond acceptors (Lipinski definition) is 2. The van der Waals surface area contributed by atoms with E-state index < -0.39 is 0 Å². The second-order valence-electron chi connectivity index (χ2n) is 3.40. The molecule has 0 aliphatic carbocycles. The standard InChI is InChI=1S/C11H11BrN2O/c1-7-11(10(15)6-13-12)8-4-2-3-5-9(8)14-7/h2-5,13-14H,6H2,1H3. The number of aromatic nitrogens is 1. The molecule has 0 saturated heterocycles.